The summed E-state index contributed by atoms with van der Waals surface area (Å²) in [5, 5.41) is 9.48. The molecule has 2 aromatic carbocycles. The number of methoxy groups -OCH3 is 2. The Kier molecular flexibility index (Phi) is 5.05. The van der Waals surface area contributed by atoms with Gasteiger partial charge >= 0.3 is 0 Å². The summed E-state index contributed by atoms with van der Waals surface area (Å²) in [7, 11) is 3.15. The van der Waals surface area contributed by atoms with Crippen LogP contribution in [0.25, 0.3) is 22.3 Å². The van der Waals surface area contributed by atoms with Crippen molar-refractivity contribution < 1.29 is 19.0 Å². The summed E-state index contributed by atoms with van der Waals surface area (Å²) in [5.41, 5.74) is 2.01. The lowest BCUT2D eigenvalue weighted by Gasteiger charge is -2.10. The zero-order chi connectivity index (χ0) is 17.8. The summed E-state index contributed by atoms with van der Waals surface area (Å²) >= 11 is 0. The Balaban J connectivity index is 2.12. The van der Waals surface area contributed by atoms with Crippen molar-refractivity contribution in [1.29, 1.82) is 0 Å². The molecule has 0 spiro atoms. The van der Waals surface area contributed by atoms with Crippen LogP contribution in [0.1, 0.15) is 12.0 Å². The van der Waals surface area contributed by atoms with Gasteiger partial charge in [0.1, 0.15) is 11.5 Å². The maximum absolute atomic E-state index is 12.6. The van der Waals surface area contributed by atoms with Crippen molar-refractivity contribution in [2.45, 2.75) is 12.8 Å². The van der Waals surface area contributed by atoms with E-state index >= 15 is 0 Å². The molecule has 5 nitrogen and oxygen atoms in total. The fourth-order valence-electron chi connectivity index (χ4n) is 2.76. The molecule has 25 heavy (non-hydrogen) atoms. The predicted octanol–water partition coefficient (Wildman–Crippen LogP) is 3.40. The molecule has 0 saturated carbocycles. The molecular weight excluding hydrogens is 320 g/mol. The first-order chi connectivity index (χ1) is 12.2. The normalized spacial score (nSPS) is 10.8. The summed E-state index contributed by atoms with van der Waals surface area (Å²) in [4.78, 5) is 12.6. The molecule has 1 heterocycles. The molecule has 0 unspecified atom stereocenters. The van der Waals surface area contributed by atoms with Crippen LogP contribution >= 0.6 is 0 Å². The third kappa shape index (κ3) is 3.51. The average Bonchev–Trinajstić information content (AvgIpc) is 2.66. The summed E-state index contributed by atoms with van der Waals surface area (Å²) in [6.07, 6.45) is 1.30. The molecule has 0 fully saturated rings. The fourth-order valence-corrected chi connectivity index (χ4v) is 2.76. The Morgan fingerprint density at radius 1 is 1.04 bits per heavy atom. The molecule has 3 rings (SSSR count). The number of hydrogen-bond acceptors (Lipinski definition) is 5. The van der Waals surface area contributed by atoms with Crippen molar-refractivity contribution in [3.63, 3.8) is 0 Å². The topological polar surface area (TPSA) is 68.9 Å². The molecule has 130 valence electrons. The molecule has 0 aliphatic heterocycles. The second-order valence-electron chi connectivity index (χ2n) is 5.71. The van der Waals surface area contributed by atoms with E-state index in [0.717, 1.165) is 16.9 Å². The smallest absolute Gasteiger partial charge is 0.193 e. The average molecular weight is 340 g/mol. The van der Waals surface area contributed by atoms with Crippen molar-refractivity contribution in [3.8, 4) is 22.8 Å². The predicted molar refractivity (Wildman–Crippen MR) is 96.4 cm³/mol. The molecule has 0 aliphatic carbocycles. The van der Waals surface area contributed by atoms with E-state index in [-0.39, 0.29) is 12.0 Å². The van der Waals surface area contributed by atoms with Crippen LogP contribution in [0.3, 0.4) is 0 Å². The van der Waals surface area contributed by atoms with Crippen LogP contribution in [-0.2, 0) is 6.42 Å². The molecule has 0 saturated heterocycles. The summed E-state index contributed by atoms with van der Waals surface area (Å²) < 4.78 is 16.5. The van der Waals surface area contributed by atoms with E-state index in [9.17, 15) is 4.79 Å². The summed E-state index contributed by atoms with van der Waals surface area (Å²) in [5.74, 6) is 1.72. The van der Waals surface area contributed by atoms with Gasteiger partial charge in [0, 0.05) is 18.2 Å². The quantitative estimate of drug-likeness (QED) is 0.745. The first kappa shape index (κ1) is 17.0. The van der Waals surface area contributed by atoms with Gasteiger partial charge in [-0.3, -0.25) is 4.79 Å². The number of aliphatic hydroxyl groups is 1. The van der Waals surface area contributed by atoms with E-state index in [4.69, 9.17) is 19.0 Å². The van der Waals surface area contributed by atoms with Gasteiger partial charge in [0.25, 0.3) is 0 Å². The highest BCUT2D eigenvalue weighted by Gasteiger charge is 2.13. The molecule has 0 amide bonds. The fraction of sp³-hybridized carbons (Fsp3) is 0.250. The lowest BCUT2D eigenvalue weighted by Crippen LogP contribution is -2.03. The zero-order valence-corrected chi connectivity index (χ0v) is 14.2. The van der Waals surface area contributed by atoms with Gasteiger partial charge < -0.3 is 19.0 Å². The summed E-state index contributed by atoms with van der Waals surface area (Å²) in [6.45, 7) is 0.103. The first-order valence-electron chi connectivity index (χ1n) is 8.06. The Morgan fingerprint density at radius 2 is 1.80 bits per heavy atom. The first-order valence-corrected chi connectivity index (χ1v) is 8.06. The Hall–Kier alpha value is -2.79. The van der Waals surface area contributed by atoms with Crippen molar-refractivity contribution in [1.82, 2.24) is 0 Å². The second kappa shape index (κ2) is 7.40. The zero-order valence-electron chi connectivity index (χ0n) is 14.2. The Bertz CT molecular complexity index is 925. The molecule has 3 aromatic rings. The number of hydrogen-bond donors (Lipinski definition) is 1. The van der Waals surface area contributed by atoms with Crippen LogP contribution < -0.4 is 14.9 Å². The number of fused-ring (bicyclic) bond motifs is 1. The van der Waals surface area contributed by atoms with Crippen molar-refractivity contribution in [2.24, 2.45) is 0 Å². The van der Waals surface area contributed by atoms with Crippen LogP contribution in [0.15, 0.2) is 51.7 Å². The maximum atomic E-state index is 12.6. The lowest BCUT2D eigenvalue weighted by molar-refractivity contribution is 0.288. The van der Waals surface area contributed by atoms with E-state index in [0.29, 0.717) is 35.3 Å². The highest BCUT2D eigenvalue weighted by molar-refractivity contribution is 5.85. The van der Waals surface area contributed by atoms with Gasteiger partial charge in [-0.15, -0.1) is 0 Å². The molecule has 0 atom stereocenters. The van der Waals surface area contributed by atoms with Crippen molar-refractivity contribution in [3.05, 3.63) is 58.3 Å². The number of aryl methyl sites for hydroxylation is 1. The van der Waals surface area contributed by atoms with E-state index in [2.05, 4.69) is 0 Å². The lowest BCUT2D eigenvalue weighted by atomic mass is 10.1. The van der Waals surface area contributed by atoms with Gasteiger partial charge in [-0.1, -0.05) is 0 Å². The monoisotopic (exact) mass is 340 g/mol. The van der Waals surface area contributed by atoms with Gasteiger partial charge in [-0.25, -0.2) is 0 Å². The Morgan fingerprint density at radius 3 is 2.44 bits per heavy atom. The highest BCUT2D eigenvalue weighted by atomic mass is 16.5. The number of rotatable bonds is 6. The van der Waals surface area contributed by atoms with Crippen LogP contribution in [0.2, 0.25) is 0 Å². The standard InChI is InChI=1S/C20H20O5/c1-23-15-7-5-14(6-8-15)18-12-17(22)16-10-13(4-3-9-21)11-19(24-2)20(16)25-18/h5-8,10-12,21H,3-4,9H2,1-2H3. The largest absolute Gasteiger partial charge is 0.497 e. The van der Waals surface area contributed by atoms with Gasteiger partial charge in [-0.2, -0.15) is 0 Å². The number of ether oxygens (including phenoxy) is 2. The Labute approximate surface area is 145 Å². The third-order valence-electron chi connectivity index (χ3n) is 4.07. The highest BCUT2D eigenvalue weighted by Crippen LogP contribution is 2.30. The molecule has 0 radical (unpaired) electrons. The minimum atomic E-state index is -0.129. The summed E-state index contributed by atoms with van der Waals surface area (Å²) in [6, 6.07) is 12.4. The van der Waals surface area contributed by atoms with E-state index in [1.54, 1.807) is 20.3 Å². The molecule has 1 aromatic heterocycles. The van der Waals surface area contributed by atoms with Crippen LogP contribution in [0.4, 0.5) is 0 Å². The number of aliphatic hydroxyl groups excluding tert-OH is 1. The van der Waals surface area contributed by atoms with E-state index in [1.807, 2.05) is 30.3 Å². The minimum Gasteiger partial charge on any atom is -0.497 e. The van der Waals surface area contributed by atoms with E-state index < -0.39 is 0 Å². The van der Waals surface area contributed by atoms with Crippen LogP contribution in [0, 0.1) is 0 Å². The molecule has 5 heteroatoms. The van der Waals surface area contributed by atoms with Gasteiger partial charge in [0.15, 0.2) is 16.8 Å². The molecular formula is C20H20O5. The minimum absolute atomic E-state index is 0.103. The van der Waals surface area contributed by atoms with Gasteiger partial charge in [0.2, 0.25) is 0 Å². The van der Waals surface area contributed by atoms with Crippen molar-refractivity contribution >= 4 is 11.0 Å². The third-order valence-corrected chi connectivity index (χ3v) is 4.07. The molecule has 0 aliphatic rings. The maximum Gasteiger partial charge on any atom is 0.193 e. The van der Waals surface area contributed by atoms with Crippen LogP contribution in [-0.4, -0.2) is 25.9 Å². The molecule has 0 bridgehead atoms. The second-order valence-corrected chi connectivity index (χ2v) is 5.71. The van der Waals surface area contributed by atoms with Crippen LogP contribution in [0.5, 0.6) is 11.5 Å². The van der Waals surface area contributed by atoms with Gasteiger partial charge in [0.05, 0.1) is 19.6 Å². The van der Waals surface area contributed by atoms with Gasteiger partial charge in [-0.05, 0) is 54.8 Å². The van der Waals surface area contributed by atoms with E-state index in [1.165, 1.54) is 6.07 Å². The number of benzene rings is 2. The molecule has 1 N–H and O–H groups in total. The SMILES string of the molecule is COc1ccc(-c2cc(=O)c3cc(CCCO)cc(OC)c3o2)cc1. The van der Waals surface area contributed by atoms with Crippen molar-refractivity contribution in [2.75, 3.05) is 20.8 Å².